The first-order valence-electron chi connectivity index (χ1n) is 15.3. The van der Waals surface area contributed by atoms with Gasteiger partial charge in [-0.05, 0) is 82.6 Å². The summed E-state index contributed by atoms with van der Waals surface area (Å²) in [5.74, 6) is -0.847. The lowest BCUT2D eigenvalue weighted by molar-refractivity contribution is -0.192. The van der Waals surface area contributed by atoms with Gasteiger partial charge in [-0.1, -0.05) is 78.4 Å². The fourth-order valence-corrected chi connectivity index (χ4v) is 6.13. The van der Waals surface area contributed by atoms with Crippen LogP contribution in [0.5, 0.6) is 0 Å². The SMILES string of the molecule is CCN(c1nc(C)c2c(n1)N(C(Cc1ccccc1)c1ccccc1)CCCC2)c1c(C)cc(C)cc1C.O=C(O)C(F)(F)F. The number of fused-ring (bicyclic) bond motifs is 1. The van der Waals surface area contributed by atoms with Gasteiger partial charge in [-0.15, -0.1) is 0 Å². The third kappa shape index (κ3) is 8.21. The van der Waals surface area contributed by atoms with Gasteiger partial charge in [-0.2, -0.15) is 18.2 Å². The molecule has 5 rings (SSSR count). The molecule has 0 amide bonds. The van der Waals surface area contributed by atoms with Crippen LogP contribution in [0.4, 0.5) is 30.6 Å². The minimum Gasteiger partial charge on any atom is -0.475 e. The van der Waals surface area contributed by atoms with Gasteiger partial charge in [0.1, 0.15) is 5.82 Å². The Labute approximate surface area is 263 Å². The molecule has 238 valence electrons. The van der Waals surface area contributed by atoms with E-state index in [-0.39, 0.29) is 6.04 Å². The Bertz CT molecular complexity index is 1570. The van der Waals surface area contributed by atoms with Crippen molar-refractivity contribution < 1.29 is 23.1 Å². The van der Waals surface area contributed by atoms with Crippen LogP contribution in [-0.2, 0) is 17.6 Å². The van der Waals surface area contributed by atoms with Gasteiger partial charge in [-0.3, -0.25) is 0 Å². The smallest absolute Gasteiger partial charge is 0.475 e. The van der Waals surface area contributed by atoms with E-state index in [0.717, 1.165) is 56.2 Å². The quantitative estimate of drug-likeness (QED) is 0.224. The van der Waals surface area contributed by atoms with Crippen LogP contribution in [0.3, 0.4) is 0 Å². The van der Waals surface area contributed by atoms with E-state index in [1.807, 2.05) is 0 Å². The molecule has 4 aromatic rings. The van der Waals surface area contributed by atoms with Crippen LogP contribution in [0, 0.1) is 27.7 Å². The number of carbonyl (C=O) groups is 1. The van der Waals surface area contributed by atoms with Crippen LogP contribution in [-0.4, -0.2) is 40.3 Å². The fourth-order valence-electron chi connectivity index (χ4n) is 6.13. The number of aliphatic carboxylic acids is 1. The van der Waals surface area contributed by atoms with E-state index in [1.165, 1.54) is 39.1 Å². The van der Waals surface area contributed by atoms with Crippen molar-refractivity contribution >= 4 is 23.4 Å². The summed E-state index contributed by atoms with van der Waals surface area (Å²) in [7, 11) is 0. The zero-order valence-corrected chi connectivity index (χ0v) is 26.5. The summed E-state index contributed by atoms with van der Waals surface area (Å²) >= 11 is 0. The van der Waals surface area contributed by atoms with Crippen LogP contribution in [0.15, 0.2) is 72.8 Å². The van der Waals surface area contributed by atoms with Crippen molar-refractivity contribution in [2.45, 2.75) is 72.5 Å². The Morgan fingerprint density at radius 3 is 2.07 bits per heavy atom. The molecular formula is C36H41F3N4O2. The summed E-state index contributed by atoms with van der Waals surface area (Å²) in [5, 5.41) is 7.12. The molecule has 0 bridgehead atoms. The molecule has 0 spiro atoms. The molecule has 1 aliphatic heterocycles. The monoisotopic (exact) mass is 618 g/mol. The second-order valence-electron chi connectivity index (χ2n) is 11.5. The highest BCUT2D eigenvalue weighted by molar-refractivity contribution is 5.73. The summed E-state index contributed by atoms with van der Waals surface area (Å²) in [6.45, 7) is 12.7. The molecule has 0 saturated heterocycles. The van der Waals surface area contributed by atoms with Crippen LogP contribution in [0.1, 0.15) is 64.9 Å². The van der Waals surface area contributed by atoms with E-state index in [0.29, 0.717) is 0 Å². The van der Waals surface area contributed by atoms with Gasteiger partial charge >= 0.3 is 12.1 Å². The number of hydrogen-bond donors (Lipinski definition) is 1. The molecule has 2 heterocycles. The van der Waals surface area contributed by atoms with E-state index >= 15 is 0 Å². The number of aromatic nitrogens is 2. The zero-order chi connectivity index (χ0) is 32.7. The largest absolute Gasteiger partial charge is 0.490 e. The number of carboxylic acid groups (broad SMARTS) is 1. The number of hydrogen-bond acceptors (Lipinski definition) is 5. The van der Waals surface area contributed by atoms with E-state index in [1.54, 1.807) is 0 Å². The summed E-state index contributed by atoms with van der Waals surface area (Å²) in [5.41, 5.74) is 10.1. The van der Waals surface area contributed by atoms with Gasteiger partial charge in [0.25, 0.3) is 0 Å². The maximum absolute atomic E-state index is 10.6. The molecule has 3 aromatic carbocycles. The number of anilines is 3. The second kappa shape index (κ2) is 14.6. The van der Waals surface area contributed by atoms with Crippen molar-refractivity contribution in [2.75, 3.05) is 22.9 Å². The Hall–Kier alpha value is -4.40. The summed E-state index contributed by atoms with van der Waals surface area (Å²) in [6, 6.07) is 26.6. The zero-order valence-electron chi connectivity index (χ0n) is 26.5. The molecule has 6 nitrogen and oxygen atoms in total. The molecule has 1 aliphatic rings. The first kappa shape index (κ1) is 33.5. The van der Waals surface area contributed by atoms with Gasteiger partial charge in [0.2, 0.25) is 5.95 Å². The van der Waals surface area contributed by atoms with Crippen LogP contribution >= 0.6 is 0 Å². The van der Waals surface area contributed by atoms with Gasteiger partial charge in [0, 0.05) is 30.0 Å². The molecule has 1 N–H and O–H groups in total. The highest BCUT2D eigenvalue weighted by Gasteiger charge is 2.38. The van der Waals surface area contributed by atoms with E-state index in [4.69, 9.17) is 19.9 Å². The van der Waals surface area contributed by atoms with E-state index in [9.17, 15) is 13.2 Å². The lowest BCUT2D eigenvalue weighted by Gasteiger charge is -2.35. The molecule has 0 radical (unpaired) electrons. The lowest BCUT2D eigenvalue weighted by Crippen LogP contribution is -2.33. The molecule has 1 unspecified atom stereocenters. The number of halogens is 3. The van der Waals surface area contributed by atoms with Gasteiger partial charge in [-0.25, -0.2) is 9.78 Å². The highest BCUT2D eigenvalue weighted by Crippen LogP contribution is 2.38. The Morgan fingerprint density at radius 1 is 0.933 bits per heavy atom. The number of rotatable bonds is 7. The van der Waals surface area contributed by atoms with Crippen LogP contribution < -0.4 is 9.80 Å². The van der Waals surface area contributed by atoms with Crippen molar-refractivity contribution in [1.82, 2.24) is 9.97 Å². The number of nitrogens with zero attached hydrogens (tertiary/aromatic N) is 4. The van der Waals surface area contributed by atoms with E-state index < -0.39 is 12.1 Å². The predicted octanol–water partition coefficient (Wildman–Crippen LogP) is 8.63. The van der Waals surface area contributed by atoms with Crippen molar-refractivity contribution in [1.29, 1.82) is 0 Å². The average Bonchev–Trinajstić information content (AvgIpc) is 3.21. The number of carboxylic acids is 1. The van der Waals surface area contributed by atoms with Crippen molar-refractivity contribution in [3.8, 4) is 0 Å². The maximum atomic E-state index is 10.6. The Kier molecular flexibility index (Phi) is 10.9. The van der Waals surface area contributed by atoms with Crippen molar-refractivity contribution in [3.05, 3.63) is 112 Å². The molecule has 0 fully saturated rings. The van der Waals surface area contributed by atoms with Gasteiger partial charge in [0.05, 0.1) is 6.04 Å². The number of aryl methyl sites for hydroxylation is 4. The van der Waals surface area contributed by atoms with Crippen molar-refractivity contribution in [2.24, 2.45) is 0 Å². The predicted molar refractivity (Wildman–Crippen MR) is 173 cm³/mol. The summed E-state index contributed by atoms with van der Waals surface area (Å²) < 4.78 is 31.7. The molecule has 0 aliphatic carbocycles. The molecule has 1 aromatic heterocycles. The first-order valence-corrected chi connectivity index (χ1v) is 15.3. The normalized spacial score (nSPS) is 13.6. The second-order valence-corrected chi connectivity index (χ2v) is 11.5. The molecular weight excluding hydrogens is 577 g/mol. The minimum atomic E-state index is -5.08. The van der Waals surface area contributed by atoms with Gasteiger partial charge < -0.3 is 14.9 Å². The van der Waals surface area contributed by atoms with Crippen molar-refractivity contribution in [3.63, 3.8) is 0 Å². The molecule has 45 heavy (non-hydrogen) atoms. The fraction of sp³-hybridized carbons (Fsp3) is 0.361. The van der Waals surface area contributed by atoms with Gasteiger partial charge in [0.15, 0.2) is 0 Å². The van der Waals surface area contributed by atoms with Crippen LogP contribution in [0.2, 0.25) is 0 Å². The maximum Gasteiger partial charge on any atom is 0.490 e. The Balaban J connectivity index is 0.000000591. The number of alkyl halides is 3. The number of benzene rings is 3. The molecule has 9 heteroatoms. The standard InChI is InChI=1S/C34H40N4.C2HF3O2/c1-6-37(32-25(3)21-24(2)22-26(32)4)34-35-27(5)30-19-13-14-20-38(33(30)36-34)31(29-17-11-8-12-18-29)23-28-15-9-7-10-16-28;3-2(4,5)1(6)7/h7-12,15-18,21-22,31H,6,13-14,19-20,23H2,1-5H3;(H,6,7). The Morgan fingerprint density at radius 2 is 1.51 bits per heavy atom. The van der Waals surface area contributed by atoms with E-state index in [2.05, 4.69) is 117 Å². The summed E-state index contributed by atoms with van der Waals surface area (Å²) in [4.78, 5) is 24.3. The first-order chi connectivity index (χ1) is 21.4. The topological polar surface area (TPSA) is 69.6 Å². The summed E-state index contributed by atoms with van der Waals surface area (Å²) in [6.07, 6.45) is -0.805. The van der Waals surface area contributed by atoms with Crippen LogP contribution in [0.25, 0.3) is 0 Å². The average molecular weight is 619 g/mol. The third-order valence-corrected chi connectivity index (χ3v) is 8.07. The molecule has 1 atom stereocenters. The molecule has 0 saturated carbocycles. The highest BCUT2D eigenvalue weighted by atomic mass is 19.4. The third-order valence-electron chi connectivity index (χ3n) is 8.07. The minimum absolute atomic E-state index is 0.204. The lowest BCUT2D eigenvalue weighted by atomic mass is 9.97.